The zero-order valence-corrected chi connectivity index (χ0v) is 14.0. The molecule has 0 heterocycles. The van der Waals surface area contributed by atoms with Gasteiger partial charge in [-0.25, -0.2) is 13.6 Å². The molecule has 6 heteroatoms. The van der Waals surface area contributed by atoms with Gasteiger partial charge in [0.25, 0.3) is 0 Å². The molecule has 0 aliphatic carbocycles. The van der Waals surface area contributed by atoms with Crippen LogP contribution in [0.4, 0.5) is 0 Å². The molecule has 0 spiro atoms. The number of hydrogen-bond acceptors (Lipinski definition) is 4. The third-order valence-corrected chi connectivity index (χ3v) is 3.93. The van der Waals surface area contributed by atoms with E-state index in [-0.39, 0.29) is 11.2 Å². The molecule has 1 rings (SSSR count). The van der Waals surface area contributed by atoms with Crippen LogP contribution in [-0.2, 0) is 15.4 Å². The molecule has 0 bridgehead atoms. The van der Waals surface area contributed by atoms with Gasteiger partial charge >= 0.3 is 0 Å². The standard InChI is InChI=1S/C15H25NO4S/c1-15(2,3)13-11-12(19-4)7-8-14(13)20-9-5-6-10-21(16,17)18/h7-8,11H,5-6,9-10H2,1-4H3,(H2,16,17,18). The van der Waals surface area contributed by atoms with Crippen LogP contribution >= 0.6 is 0 Å². The van der Waals surface area contributed by atoms with Crippen molar-refractivity contribution in [2.75, 3.05) is 19.5 Å². The predicted molar refractivity (Wildman–Crippen MR) is 84.4 cm³/mol. The lowest BCUT2D eigenvalue weighted by molar-refractivity contribution is 0.300. The maximum absolute atomic E-state index is 10.8. The number of methoxy groups -OCH3 is 1. The molecule has 5 nitrogen and oxygen atoms in total. The molecule has 1 aromatic rings. The van der Waals surface area contributed by atoms with Gasteiger partial charge in [-0.15, -0.1) is 0 Å². The van der Waals surface area contributed by atoms with Crippen molar-refractivity contribution in [2.24, 2.45) is 5.14 Å². The minimum Gasteiger partial charge on any atom is -0.497 e. The zero-order chi connectivity index (χ0) is 16.1. The van der Waals surface area contributed by atoms with Gasteiger partial charge in [0.2, 0.25) is 10.0 Å². The number of sulfonamides is 1. The van der Waals surface area contributed by atoms with E-state index in [1.807, 2.05) is 18.2 Å². The third kappa shape index (κ3) is 6.35. The Bertz CT molecular complexity index is 562. The fraction of sp³-hybridized carbons (Fsp3) is 0.600. The number of nitrogens with two attached hydrogens (primary N) is 1. The molecule has 0 atom stereocenters. The lowest BCUT2D eigenvalue weighted by Crippen LogP contribution is -2.17. The summed E-state index contributed by atoms with van der Waals surface area (Å²) in [5.74, 6) is 1.59. The van der Waals surface area contributed by atoms with E-state index in [9.17, 15) is 8.42 Å². The van der Waals surface area contributed by atoms with Crippen molar-refractivity contribution in [1.82, 2.24) is 0 Å². The largest absolute Gasteiger partial charge is 0.497 e. The molecular weight excluding hydrogens is 290 g/mol. The van der Waals surface area contributed by atoms with Gasteiger partial charge in [0, 0.05) is 5.56 Å². The predicted octanol–water partition coefficient (Wildman–Crippen LogP) is 2.44. The van der Waals surface area contributed by atoms with E-state index in [2.05, 4.69) is 20.8 Å². The van der Waals surface area contributed by atoms with Gasteiger partial charge < -0.3 is 9.47 Å². The van der Waals surface area contributed by atoms with E-state index in [4.69, 9.17) is 14.6 Å². The van der Waals surface area contributed by atoms with Gasteiger partial charge in [-0.2, -0.15) is 0 Å². The second-order valence-electron chi connectivity index (χ2n) is 6.03. The number of hydrogen-bond donors (Lipinski definition) is 1. The first-order valence-corrected chi connectivity index (χ1v) is 8.67. The van der Waals surface area contributed by atoms with Crippen LogP contribution in [0.1, 0.15) is 39.2 Å². The first-order valence-electron chi connectivity index (χ1n) is 6.95. The molecule has 0 fully saturated rings. The molecule has 21 heavy (non-hydrogen) atoms. The Hall–Kier alpha value is -1.27. The van der Waals surface area contributed by atoms with Gasteiger partial charge in [0.05, 0.1) is 19.5 Å². The fourth-order valence-corrected chi connectivity index (χ4v) is 2.54. The summed E-state index contributed by atoms with van der Waals surface area (Å²) in [5, 5.41) is 4.96. The Morgan fingerprint density at radius 3 is 2.38 bits per heavy atom. The van der Waals surface area contributed by atoms with Gasteiger partial charge in [-0.3, -0.25) is 0 Å². The fourth-order valence-electron chi connectivity index (χ4n) is 1.94. The van der Waals surface area contributed by atoms with Crippen molar-refractivity contribution < 1.29 is 17.9 Å². The van der Waals surface area contributed by atoms with Gasteiger partial charge in [0.15, 0.2) is 0 Å². The van der Waals surface area contributed by atoms with Crippen LogP contribution in [0.2, 0.25) is 0 Å². The molecule has 0 aliphatic rings. The smallest absolute Gasteiger partial charge is 0.209 e. The molecular formula is C15H25NO4S. The first kappa shape index (κ1) is 17.8. The second kappa shape index (κ2) is 7.13. The SMILES string of the molecule is COc1ccc(OCCCCS(N)(=O)=O)c(C(C)(C)C)c1. The highest BCUT2D eigenvalue weighted by atomic mass is 32.2. The highest BCUT2D eigenvalue weighted by Gasteiger charge is 2.20. The second-order valence-corrected chi connectivity index (χ2v) is 7.77. The van der Waals surface area contributed by atoms with Crippen LogP contribution in [0.25, 0.3) is 0 Å². The van der Waals surface area contributed by atoms with Crippen molar-refractivity contribution in [1.29, 1.82) is 0 Å². The number of benzene rings is 1. The Labute approximate surface area is 127 Å². The van der Waals surface area contributed by atoms with Crippen molar-refractivity contribution in [3.8, 4) is 11.5 Å². The molecule has 0 saturated carbocycles. The van der Waals surface area contributed by atoms with Crippen molar-refractivity contribution in [3.05, 3.63) is 23.8 Å². The van der Waals surface area contributed by atoms with E-state index < -0.39 is 10.0 Å². The van der Waals surface area contributed by atoms with Crippen LogP contribution in [0.3, 0.4) is 0 Å². The normalized spacial score (nSPS) is 12.2. The van der Waals surface area contributed by atoms with E-state index in [1.165, 1.54) is 0 Å². The van der Waals surface area contributed by atoms with E-state index in [0.717, 1.165) is 17.1 Å². The van der Waals surface area contributed by atoms with E-state index >= 15 is 0 Å². The van der Waals surface area contributed by atoms with Gasteiger partial charge in [0.1, 0.15) is 11.5 Å². The minimum absolute atomic E-state index is 0.00883. The summed E-state index contributed by atoms with van der Waals surface area (Å²) >= 11 is 0. The Balaban J connectivity index is 2.66. The molecule has 2 N–H and O–H groups in total. The Morgan fingerprint density at radius 2 is 1.86 bits per heavy atom. The molecule has 0 saturated heterocycles. The van der Waals surface area contributed by atoms with E-state index in [1.54, 1.807) is 7.11 Å². The lowest BCUT2D eigenvalue weighted by atomic mass is 9.86. The third-order valence-electron chi connectivity index (χ3n) is 3.08. The molecule has 1 aromatic carbocycles. The highest BCUT2D eigenvalue weighted by molar-refractivity contribution is 7.89. The summed E-state index contributed by atoms with van der Waals surface area (Å²) in [6.07, 6.45) is 1.14. The number of rotatable bonds is 7. The maximum Gasteiger partial charge on any atom is 0.209 e. The van der Waals surface area contributed by atoms with Crippen LogP contribution in [0.15, 0.2) is 18.2 Å². The summed E-state index contributed by atoms with van der Waals surface area (Å²) in [6, 6.07) is 5.72. The van der Waals surface area contributed by atoms with Crippen LogP contribution < -0.4 is 14.6 Å². The Kier molecular flexibility index (Phi) is 6.04. The molecule has 0 radical (unpaired) electrons. The number of primary sulfonamides is 1. The van der Waals surface area contributed by atoms with Gasteiger partial charge in [-0.1, -0.05) is 20.8 Å². The first-order chi connectivity index (χ1) is 9.63. The van der Waals surface area contributed by atoms with Crippen molar-refractivity contribution in [2.45, 2.75) is 39.0 Å². The molecule has 0 unspecified atom stereocenters. The number of unbranched alkanes of at least 4 members (excludes halogenated alkanes) is 1. The molecule has 0 aromatic heterocycles. The summed E-state index contributed by atoms with van der Waals surface area (Å²) < 4.78 is 32.7. The Morgan fingerprint density at radius 1 is 1.19 bits per heavy atom. The average molecular weight is 315 g/mol. The zero-order valence-electron chi connectivity index (χ0n) is 13.2. The van der Waals surface area contributed by atoms with Crippen LogP contribution in [0, 0.1) is 0 Å². The van der Waals surface area contributed by atoms with Gasteiger partial charge in [-0.05, 0) is 36.5 Å². The summed E-state index contributed by atoms with van der Waals surface area (Å²) in [4.78, 5) is 0. The highest BCUT2D eigenvalue weighted by Crippen LogP contribution is 2.34. The van der Waals surface area contributed by atoms with Crippen molar-refractivity contribution >= 4 is 10.0 Å². The summed E-state index contributed by atoms with van der Waals surface area (Å²) in [7, 11) is -1.75. The van der Waals surface area contributed by atoms with Crippen LogP contribution in [-0.4, -0.2) is 27.9 Å². The molecule has 0 aliphatic heterocycles. The maximum atomic E-state index is 10.8. The quantitative estimate of drug-likeness (QED) is 0.784. The van der Waals surface area contributed by atoms with E-state index in [0.29, 0.717) is 19.4 Å². The molecule has 120 valence electrons. The number of ether oxygens (including phenoxy) is 2. The lowest BCUT2D eigenvalue weighted by Gasteiger charge is -2.23. The average Bonchev–Trinajstić information content (AvgIpc) is 2.36. The topological polar surface area (TPSA) is 78.6 Å². The summed E-state index contributed by atoms with van der Waals surface area (Å²) in [6.45, 7) is 6.78. The molecule has 0 amide bonds. The minimum atomic E-state index is -3.38. The monoisotopic (exact) mass is 315 g/mol. The van der Waals surface area contributed by atoms with Crippen molar-refractivity contribution in [3.63, 3.8) is 0 Å². The summed E-state index contributed by atoms with van der Waals surface area (Å²) in [5.41, 5.74) is 0.998. The van der Waals surface area contributed by atoms with Crippen LogP contribution in [0.5, 0.6) is 11.5 Å².